The van der Waals surface area contributed by atoms with Gasteiger partial charge in [0.05, 0.1) is 0 Å². The summed E-state index contributed by atoms with van der Waals surface area (Å²) >= 11 is 0. The second-order valence-electron chi connectivity index (χ2n) is 3.78. The van der Waals surface area contributed by atoms with E-state index in [-0.39, 0.29) is 5.82 Å². The number of halogens is 1. The average Bonchev–Trinajstić information content (AvgIpc) is 2.50. The number of aromatic nitrogens is 1. The van der Waals surface area contributed by atoms with Crippen molar-refractivity contribution in [3.63, 3.8) is 0 Å². The number of nitrogens with zero attached hydrogens (tertiary/aromatic N) is 1. The van der Waals surface area contributed by atoms with Crippen molar-refractivity contribution in [2.75, 3.05) is 6.54 Å². The van der Waals surface area contributed by atoms with Crippen molar-refractivity contribution in [3.05, 3.63) is 35.8 Å². The number of nitrogens with two attached hydrogens (primary N) is 1. The largest absolute Gasteiger partial charge is 0.345 e. The SMILES string of the molecule is Cc1cc2cc(F)ccc2n1CCCN. The van der Waals surface area contributed by atoms with Gasteiger partial charge in [-0.05, 0) is 44.2 Å². The third kappa shape index (κ3) is 1.88. The average molecular weight is 206 g/mol. The predicted octanol–water partition coefficient (Wildman–Crippen LogP) is 2.44. The molecule has 0 spiro atoms. The first-order valence-corrected chi connectivity index (χ1v) is 5.18. The minimum atomic E-state index is -0.182. The molecule has 1 aromatic carbocycles. The van der Waals surface area contributed by atoms with Crippen LogP contribution in [0.1, 0.15) is 12.1 Å². The Balaban J connectivity index is 2.48. The van der Waals surface area contributed by atoms with Gasteiger partial charge in [0.25, 0.3) is 0 Å². The summed E-state index contributed by atoms with van der Waals surface area (Å²) < 4.78 is 15.2. The molecule has 0 unspecified atom stereocenters. The summed E-state index contributed by atoms with van der Waals surface area (Å²) in [6, 6.07) is 6.91. The molecule has 0 aliphatic heterocycles. The van der Waals surface area contributed by atoms with Crippen LogP contribution in [0.25, 0.3) is 10.9 Å². The Kier molecular flexibility index (Phi) is 2.73. The molecule has 0 bridgehead atoms. The maximum Gasteiger partial charge on any atom is 0.123 e. The molecule has 0 radical (unpaired) electrons. The van der Waals surface area contributed by atoms with E-state index in [4.69, 9.17) is 5.73 Å². The van der Waals surface area contributed by atoms with Gasteiger partial charge in [0.2, 0.25) is 0 Å². The quantitative estimate of drug-likeness (QED) is 0.821. The van der Waals surface area contributed by atoms with Crippen LogP contribution in [0.3, 0.4) is 0 Å². The summed E-state index contributed by atoms with van der Waals surface area (Å²) in [5.41, 5.74) is 7.73. The van der Waals surface area contributed by atoms with E-state index in [1.54, 1.807) is 6.07 Å². The highest BCUT2D eigenvalue weighted by molar-refractivity contribution is 5.81. The molecule has 0 saturated heterocycles. The molecule has 0 fully saturated rings. The van der Waals surface area contributed by atoms with E-state index in [1.165, 1.54) is 6.07 Å². The van der Waals surface area contributed by atoms with Crippen LogP contribution >= 0.6 is 0 Å². The number of hydrogen-bond donors (Lipinski definition) is 1. The predicted molar refractivity (Wildman–Crippen MR) is 60.3 cm³/mol. The summed E-state index contributed by atoms with van der Waals surface area (Å²) in [6.45, 7) is 3.62. The highest BCUT2D eigenvalue weighted by Gasteiger charge is 2.05. The summed E-state index contributed by atoms with van der Waals surface area (Å²) in [4.78, 5) is 0. The number of fused-ring (bicyclic) bond motifs is 1. The molecule has 0 aliphatic rings. The summed E-state index contributed by atoms with van der Waals surface area (Å²) in [7, 11) is 0. The highest BCUT2D eigenvalue weighted by Crippen LogP contribution is 2.20. The van der Waals surface area contributed by atoms with Gasteiger partial charge in [-0.1, -0.05) is 0 Å². The molecule has 0 amide bonds. The second-order valence-corrected chi connectivity index (χ2v) is 3.78. The Hall–Kier alpha value is -1.35. The normalized spacial score (nSPS) is 11.1. The minimum Gasteiger partial charge on any atom is -0.345 e. The fraction of sp³-hybridized carbons (Fsp3) is 0.333. The molecule has 0 atom stereocenters. The molecular weight excluding hydrogens is 191 g/mol. The lowest BCUT2D eigenvalue weighted by atomic mass is 10.2. The van der Waals surface area contributed by atoms with E-state index in [0.29, 0.717) is 6.54 Å². The van der Waals surface area contributed by atoms with Gasteiger partial charge in [-0.15, -0.1) is 0 Å². The molecule has 2 N–H and O–H groups in total. The Bertz CT molecular complexity index is 474. The van der Waals surface area contributed by atoms with Gasteiger partial charge >= 0.3 is 0 Å². The first-order valence-electron chi connectivity index (χ1n) is 5.18. The van der Waals surface area contributed by atoms with Crippen LogP contribution < -0.4 is 5.73 Å². The number of aryl methyl sites for hydroxylation is 2. The molecule has 1 aromatic heterocycles. The van der Waals surface area contributed by atoms with Gasteiger partial charge in [-0.3, -0.25) is 0 Å². The molecule has 1 heterocycles. The van der Waals surface area contributed by atoms with Crippen molar-refractivity contribution in [2.24, 2.45) is 5.73 Å². The van der Waals surface area contributed by atoms with Gasteiger partial charge in [0.15, 0.2) is 0 Å². The molecule has 2 aromatic rings. The van der Waals surface area contributed by atoms with E-state index in [0.717, 1.165) is 29.6 Å². The number of benzene rings is 1. The van der Waals surface area contributed by atoms with Gasteiger partial charge in [0.1, 0.15) is 5.82 Å². The second kappa shape index (κ2) is 4.03. The lowest BCUT2D eigenvalue weighted by Gasteiger charge is -2.06. The zero-order chi connectivity index (χ0) is 10.8. The van der Waals surface area contributed by atoms with E-state index in [1.807, 2.05) is 19.1 Å². The highest BCUT2D eigenvalue weighted by atomic mass is 19.1. The van der Waals surface area contributed by atoms with Gasteiger partial charge in [-0.25, -0.2) is 4.39 Å². The summed E-state index contributed by atoms with van der Waals surface area (Å²) in [5.74, 6) is -0.182. The van der Waals surface area contributed by atoms with E-state index < -0.39 is 0 Å². The van der Waals surface area contributed by atoms with Crippen LogP contribution in [0.2, 0.25) is 0 Å². The Morgan fingerprint density at radius 3 is 2.87 bits per heavy atom. The van der Waals surface area contributed by atoms with Crippen LogP contribution in [0.4, 0.5) is 4.39 Å². The van der Waals surface area contributed by atoms with Crippen molar-refractivity contribution >= 4 is 10.9 Å². The van der Waals surface area contributed by atoms with Crippen molar-refractivity contribution < 1.29 is 4.39 Å². The molecule has 0 saturated carbocycles. The van der Waals surface area contributed by atoms with Crippen LogP contribution in [-0.4, -0.2) is 11.1 Å². The van der Waals surface area contributed by atoms with Crippen LogP contribution in [-0.2, 0) is 6.54 Å². The molecule has 0 aliphatic carbocycles. The third-order valence-corrected chi connectivity index (χ3v) is 2.66. The first kappa shape index (κ1) is 10.2. The van der Waals surface area contributed by atoms with Crippen molar-refractivity contribution in [2.45, 2.75) is 19.9 Å². The molecule has 2 nitrogen and oxygen atoms in total. The van der Waals surface area contributed by atoms with Crippen molar-refractivity contribution in [1.29, 1.82) is 0 Å². The zero-order valence-electron chi connectivity index (χ0n) is 8.83. The molecular formula is C12H15FN2. The summed E-state index contributed by atoms with van der Waals surface area (Å²) in [5, 5.41) is 0.963. The third-order valence-electron chi connectivity index (χ3n) is 2.66. The molecule has 80 valence electrons. The topological polar surface area (TPSA) is 30.9 Å². The number of rotatable bonds is 3. The van der Waals surface area contributed by atoms with E-state index >= 15 is 0 Å². The smallest absolute Gasteiger partial charge is 0.123 e. The maximum atomic E-state index is 13.0. The monoisotopic (exact) mass is 206 g/mol. The minimum absolute atomic E-state index is 0.182. The Labute approximate surface area is 88.5 Å². The Morgan fingerprint density at radius 2 is 2.13 bits per heavy atom. The molecule has 2 rings (SSSR count). The van der Waals surface area contributed by atoms with Crippen LogP contribution in [0, 0.1) is 12.7 Å². The molecule has 15 heavy (non-hydrogen) atoms. The van der Waals surface area contributed by atoms with Crippen LogP contribution in [0.15, 0.2) is 24.3 Å². The lowest BCUT2D eigenvalue weighted by Crippen LogP contribution is -2.06. The first-order chi connectivity index (χ1) is 7.22. The lowest BCUT2D eigenvalue weighted by molar-refractivity contribution is 0.628. The fourth-order valence-corrected chi connectivity index (χ4v) is 1.93. The van der Waals surface area contributed by atoms with Crippen molar-refractivity contribution in [1.82, 2.24) is 4.57 Å². The standard InChI is InChI=1S/C12H15FN2/c1-9-7-10-8-11(13)3-4-12(10)15(9)6-2-5-14/h3-4,7-8H,2,5-6,14H2,1H3. The van der Waals surface area contributed by atoms with Gasteiger partial charge in [0, 0.05) is 23.1 Å². The van der Waals surface area contributed by atoms with Crippen LogP contribution in [0.5, 0.6) is 0 Å². The van der Waals surface area contributed by atoms with Crippen molar-refractivity contribution in [3.8, 4) is 0 Å². The van der Waals surface area contributed by atoms with Gasteiger partial charge in [-0.2, -0.15) is 0 Å². The number of hydrogen-bond acceptors (Lipinski definition) is 1. The van der Waals surface area contributed by atoms with E-state index in [2.05, 4.69) is 4.57 Å². The maximum absolute atomic E-state index is 13.0. The fourth-order valence-electron chi connectivity index (χ4n) is 1.93. The van der Waals surface area contributed by atoms with Gasteiger partial charge < -0.3 is 10.3 Å². The zero-order valence-corrected chi connectivity index (χ0v) is 8.83. The molecule has 3 heteroatoms. The summed E-state index contributed by atoms with van der Waals surface area (Å²) in [6.07, 6.45) is 0.946. The van der Waals surface area contributed by atoms with E-state index in [9.17, 15) is 4.39 Å². The Morgan fingerprint density at radius 1 is 1.33 bits per heavy atom.